The Morgan fingerprint density at radius 3 is 2.24 bits per heavy atom. The van der Waals surface area contributed by atoms with Gasteiger partial charge in [-0.25, -0.2) is 12.8 Å². The Kier molecular flexibility index (Phi) is 9.86. The second kappa shape index (κ2) is 11.7. The number of sulfone groups is 1. The summed E-state index contributed by atoms with van der Waals surface area (Å²) >= 11 is 8.86. The predicted octanol–water partition coefficient (Wildman–Crippen LogP) is 7.33. The van der Waals surface area contributed by atoms with E-state index in [9.17, 15) is 43.9 Å². The van der Waals surface area contributed by atoms with E-state index >= 15 is 0 Å². The number of amides is 1. The summed E-state index contributed by atoms with van der Waals surface area (Å²) in [5, 5.41) is 2.05. The highest BCUT2D eigenvalue weighted by Gasteiger charge is 2.40. The third-order valence-electron chi connectivity index (χ3n) is 5.14. The van der Waals surface area contributed by atoms with Gasteiger partial charge in [0.1, 0.15) is 11.7 Å². The van der Waals surface area contributed by atoms with E-state index in [4.69, 9.17) is 11.6 Å². The maximum Gasteiger partial charge on any atom is 0.417 e. The molecule has 0 aliphatic rings. The van der Waals surface area contributed by atoms with Crippen LogP contribution in [0.4, 0.5) is 30.7 Å². The van der Waals surface area contributed by atoms with Gasteiger partial charge < -0.3 is 5.32 Å². The average Bonchev–Trinajstić information content (AvgIpc) is 2.77. The fourth-order valence-electron chi connectivity index (χ4n) is 3.30. The highest BCUT2D eigenvalue weighted by Crippen LogP contribution is 2.41. The number of hydrogen-bond donors (Lipinski definition) is 1. The van der Waals surface area contributed by atoms with Crippen LogP contribution in [0.1, 0.15) is 46.8 Å². The smallest absolute Gasteiger partial charge is 0.349 e. The van der Waals surface area contributed by atoms with Crippen LogP contribution in [-0.4, -0.2) is 38.0 Å². The molecule has 0 aliphatic carbocycles. The average molecular weight is 639 g/mol. The molecule has 37 heavy (non-hydrogen) atoms. The Balaban J connectivity index is 2.49. The van der Waals surface area contributed by atoms with Crippen LogP contribution in [0.25, 0.3) is 5.83 Å². The molecule has 14 heteroatoms. The molecule has 0 radical (unpaired) electrons. The molecule has 0 aliphatic heterocycles. The molecule has 1 N–H and O–H groups in total. The summed E-state index contributed by atoms with van der Waals surface area (Å²) in [5.41, 5.74) is -3.84. The van der Waals surface area contributed by atoms with Gasteiger partial charge in [0.25, 0.3) is 5.91 Å². The number of halogens is 9. The Labute approximate surface area is 221 Å². The van der Waals surface area contributed by atoms with Crippen molar-refractivity contribution in [2.24, 2.45) is 0 Å². The molecular formula is C23H20BrClF7NO3S. The molecule has 1 amide bonds. The van der Waals surface area contributed by atoms with Crippen LogP contribution in [0.15, 0.2) is 46.9 Å². The number of benzene rings is 2. The van der Waals surface area contributed by atoms with E-state index in [1.165, 1.54) is 19.9 Å². The molecule has 0 spiro atoms. The van der Waals surface area contributed by atoms with Crippen LogP contribution in [0.3, 0.4) is 0 Å². The molecule has 0 saturated carbocycles. The minimum absolute atomic E-state index is 0.0868. The number of carbonyl (C=O) groups excluding carboxylic acids is 1. The van der Waals surface area contributed by atoms with Gasteiger partial charge in [0, 0.05) is 21.8 Å². The summed E-state index contributed by atoms with van der Waals surface area (Å²) in [6.07, 6.45) is -10.1. The molecule has 0 fully saturated rings. The summed E-state index contributed by atoms with van der Waals surface area (Å²) in [6, 6.07) is 3.71. The van der Waals surface area contributed by atoms with Crippen molar-refractivity contribution in [3.8, 4) is 0 Å². The first kappa shape index (κ1) is 31.1. The summed E-state index contributed by atoms with van der Waals surface area (Å²) in [5.74, 6) is -6.18. The standard InChI is InChI=1S/C23H20BrClF7NO3S/c1-3-37(35,36)11-12(2)33-21(34)15-6-4-14(8-17(15)23(30,31)32)20(26)10-16(22(27,28)29)13-5-7-18(24)19(25)9-13/h4-10,12,16H,3,11H2,1-2H3,(H,33,34)/b20-10-. The first-order valence-electron chi connectivity index (χ1n) is 10.5. The number of hydrogen-bond acceptors (Lipinski definition) is 3. The second-order valence-electron chi connectivity index (χ2n) is 8.04. The summed E-state index contributed by atoms with van der Waals surface area (Å²) < 4.78 is 121. The number of nitrogens with one attached hydrogen (secondary N) is 1. The molecule has 2 aromatic carbocycles. The van der Waals surface area contributed by atoms with Crippen LogP contribution < -0.4 is 5.32 Å². The third kappa shape index (κ3) is 8.44. The van der Waals surface area contributed by atoms with Crippen LogP contribution in [0.2, 0.25) is 5.02 Å². The molecule has 0 heterocycles. The van der Waals surface area contributed by atoms with E-state index in [0.717, 1.165) is 18.2 Å². The van der Waals surface area contributed by atoms with Gasteiger partial charge in [0.15, 0.2) is 9.84 Å². The Hall–Kier alpha value is -2.12. The zero-order valence-corrected chi connectivity index (χ0v) is 22.3. The number of allylic oxidation sites excluding steroid dienone is 1. The van der Waals surface area contributed by atoms with E-state index < -0.39 is 73.9 Å². The zero-order chi connectivity index (χ0) is 28.3. The fraction of sp³-hybridized carbons (Fsp3) is 0.348. The first-order chi connectivity index (χ1) is 16.9. The number of rotatable bonds is 8. The molecule has 0 bridgehead atoms. The van der Waals surface area contributed by atoms with Gasteiger partial charge in [-0.15, -0.1) is 0 Å². The molecule has 2 rings (SSSR count). The minimum atomic E-state index is -5.18. The first-order valence-corrected chi connectivity index (χ1v) is 13.5. The second-order valence-corrected chi connectivity index (χ2v) is 11.7. The summed E-state index contributed by atoms with van der Waals surface area (Å²) in [6.45, 7) is 2.64. The Morgan fingerprint density at radius 1 is 1.11 bits per heavy atom. The molecule has 2 atom stereocenters. The zero-order valence-electron chi connectivity index (χ0n) is 19.1. The fourth-order valence-corrected chi connectivity index (χ4v) is 4.81. The van der Waals surface area contributed by atoms with Crippen LogP contribution >= 0.6 is 27.5 Å². The van der Waals surface area contributed by atoms with Gasteiger partial charge in [0.2, 0.25) is 0 Å². The molecular weight excluding hydrogens is 619 g/mol. The van der Waals surface area contributed by atoms with Crippen LogP contribution in [-0.2, 0) is 16.0 Å². The molecule has 0 aromatic heterocycles. The van der Waals surface area contributed by atoms with Gasteiger partial charge in [-0.3, -0.25) is 4.79 Å². The van der Waals surface area contributed by atoms with Gasteiger partial charge in [0.05, 0.1) is 21.9 Å². The molecule has 204 valence electrons. The lowest BCUT2D eigenvalue weighted by Gasteiger charge is -2.19. The van der Waals surface area contributed by atoms with Gasteiger partial charge in [-0.1, -0.05) is 30.7 Å². The molecule has 2 aromatic rings. The van der Waals surface area contributed by atoms with Gasteiger partial charge in [-0.05, 0) is 58.8 Å². The lowest BCUT2D eigenvalue weighted by molar-refractivity contribution is -0.140. The van der Waals surface area contributed by atoms with Crippen molar-refractivity contribution in [3.05, 3.63) is 74.2 Å². The Morgan fingerprint density at radius 2 is 1.73 bits per heavy atom. The van der Waals surface area contributed by atoms with E-state index in [2.05, 4.69) is 21.2 Å². The minimum Gasteiger partial charge on any atom is -0.349 e. The monoisotopic (exact) mass is 637 g/mol. The highest BCUT2D eigenvalue weighted by atomic mass is 79.9. The van der Waals surface area contributed by atoms with Crippen LogP contribution in [0, 0.1) is 0 Å². The largest absolute Gasteiger partial charge is 0.417 e. The lowest BCUT2D eigenvalue weighted by atomic mass is 9.95. The molecule has 4 nitrogen and oxygen atoms in total. The predicted molar refractivity (Wildman–Crippen MR) is 130 cm³/mol. The highest BCUT2D eigenvalue weighted by molar-refractivity contribution is 9.10. The van der Waals surface area contributed by atoms with Crippen molar-refractivity contribution in [2.45, 2.75) is 38.2 Å². The number of carbonyl (C=O) groups is 1. The normalized spacial score (nSPS) is 14.8. The maximum absolute atomic E-state index is 14.9. The molecule has 0 saturated heterocycles. The quantitative estimate of drug-likeness (QED) is 0.308. The molecule has 2 unspecified atom stereocenters. The van der Waals surface area contributed by atoms with Crippen LogP contribution in [0.5, 0.6) is 0 Å². The third-order valence-corrected chi connectivity index (χ3v) is 8.26. The van der Waals surface area contributed by atoms with Gasteiger partial charge in [-0.2, -0.15) is 26.3 Å². The number of alkyl halides is 6. The van der Waals surface area contributed by atoms with Crippen molar-refractivity contribution in [1.82, 2.24) is 5.32 Å². The van der Waals surface area contributed by atoms with E-state index in [-0.39, 0.29) is 27.4 Å². The van der Waals surface area contributed by atoms with Gasteiger partial charge >= 0.3 is 12.4 Å². The van der Waals surface area contributed by atoms with E-state index in [1.54, 1.807) is 0 Å². The SMILES string of the molecule is CCS(=O)(=O)CC(C)NC(=O)c1ccc(/C(F)=C/C(c2ccc(Br)c(Cl)c2)C(F)(F)F)cc1C(F)(F)F. The van der Waals surface area contributed by atoms with E-state index in [0.29, 0.717) is 6.07 Å². The summed E-state index contributed by atoms with van der Waals surface area (Å²) in [4.78, 5) is 12.5. The Bertz CT molecular complexity index is 1290. The van der Waals surface area contributed by atoms with Crippen molar-refractivity contribution in [2.75, 3.05) is 11.5 Å². The maximum atomic E-state index is 14.9. The van der Waals surface area contributed by atoms with Crippen molar-refractivity contribution in [1.29, 1.82) is 0 Å². The summed E-state index contributed by atoms with van der Waals surface area (Å²) in [7, 11) is -3.55. The van der Waals surface area contributed by atoms with Crippen molar-refractivity contribution in [3.63, 3.8) is 0 Å². The van der Waals surface area contributed by atoms with Crippen molar-refractivity contribution >= 4 is 49.1 Å². The van der Waals surface area contributed by atoms with E-state index in [1.807, 2.05) is 0 Å². The topological polar surface area (TPSA) is 63.2 Å². The van der Waals surface area contributed by atoms with Crippen molar-refractivity contribution < 1.29 is 43.9 Å². The lowest BCUT2D eigenvalue weighted by Crippen LogP contribution is -2.38.